The van der Waals surface area contributed by atoms with Crippen LogP contribution in [0.15, 0.2) is 12.2 Å². The maximum atomic E-state index is 11.8. The van der Waals surface area contributed by atoms with E-state index in [4.69, 9.17) is 0 Å². The molecule has 2 rings (SSSR count). The number of ketones is 1. The number of hydrogen-bond acceptors (Lipinski definition) is 2. The minimum absolute atomic E-state index is 0.418. The SMILES string of the molecule is CCCCCC[C@@H]1CC(=O)C[C@H]2C=CCCN12. The van der Waals surface area contributed by atoms with Crippen LogP contribution in [0.3, 0.4) is 0 Å². The van der Waals surface area contributed by atoms with E-state index >= 15 is 0 Å². The molecule has 1 fully saturated rings. The Kier molecular flexibility index (Phi) is 4.78. The van der Waals surface area contributed by atoms with Crippen molar-refractivity contribution in [2.45, 2.75) is 70.4 Å². The maximum absolute atomic E-state index is 11.8. The van der Waals surface area contributed by atoms with Gasteiger partial charge in [0, 0.05) is 31.5 Å². The first-order valence-corrected chi connectivity index (χ1v) is 7.25. The number of carbonyl (C=O) groups is 1. The van der Waals surface area contributed by atoms with Crippen molar-refractivity contribution >= 4 is 5.78 Å². The predicted octanol–water partition coefficient (Wildman–Crippen LogP) is 3.32. The van der Waals surface area contributed by atoms with Gasteiger partial charge in [0.2, 0.25) is 0 Å². The third kappa shape index (κ3) is 3.41. The molecule has 17 heavy (non-hydrogen) atoms. The number of piperidine rings is 1. The Morgan fingerprint density at radius 2 is 2.18 bits per heavy atom. The molecule has 2 heteroatoms. The van der Waals surface area contributed by atoms with Gasteiger partial charge in [-0.3, -0.25) is 9.69 Å². The Balaban J connectivity index is 1.86. The fourth-order valence-corrected chi connectivity index (χ4v) is 3.16. The molecule has 0 aliphatic carbocycles. The molecule has 0 bridgehead atoms. The zero-order valence-electron chi connectivity index (χ0n) is 11.0. The smallest absolute Gasteiger partial charge is 0.136 e. The number of unbranched alkanes of at least 4 members (excludes halogenated alkanes) is 3. The molecule has 0 saturated carbocycles. The summed E-state index contributed by atoms with van der Waals surface area (Å²) >= 11 is 0. The van der Waals surface area contributed by atoms with Gasteiger partial charge in [0.1, 0.15) is 5.78 Å². The van der Waals surface area contributed by atoms with Crippen LogP contribution in [0, 0.1) is 0 Å². The first-order chi connectivity index (χ1) is 8.31. The van der Waals surface area contributed by atoms with Crippen LogP contribution in [0.4, 0.5) is 0 Å². The molecule has 0 unspecified atom stereocenters. The Hall–Kier alpha value is -0.630. The zero-order chi connectivity index (χ0) is 12.1. The number of nitrogens with zero attached hydrogens (tertiary/aromatic N) is 1. The van der Waals surface area contributed by atoms with Gasteiger partial charge in [-0.05, 0) is 12.8 Å². The standard InChI is InChI=1S/C15H25NO/c1-2-3-4-5-8-13-11-15(17)12-14-9-6-7-10-16(13)14/h6,9,13-14H,2-5,7-8,10-12H2,1H3/t13-,14-/m1/s1. The zero-order valence-corrected chi connectivity index (χ0v) is 11.0. The van der Waals surface area contributed by atoms with Crippen LogP contribution in [0.1, 0.15) is 58.3 Å². The molecule has 0 N–H and O–H groups in total. The monoisotopic (exact) mass is 235 g/mol. The van der Waals surface area contributed by atoms with Gasteiger partial charge in [-0.1, -0.05) is 44.8 Å². The fraction of sp³-hybridized carbons (Fsp3) is 0.800. The topological polar surface area (TPSA) is 20.3 Å². The molecule has 96 valence electrons. The maximum Gasteiger partial charge on any atom is 0.136 e. The lowest BCUT2D eigenvalue weighted by molar-refractivity contribution is -0.124. The van der Waals surface area contributed by atoms with E-state index in [1.54, 1.807) is 0 Å². The molecule has 2 atom stereocenters. The van der Waals surface area contributed by atoms with Gasteiger partial charge in [0.15, 0.2) is 0 Å². The van der Waals surface area contributed by atoms with Crippen LogP contribution in [0.25, 0.3) is 0 Å². The third-order valence-corrected chi connectivity index (χ3v) is 4.10. The van der Waals surface area contributed by atoms with Crippen molar-refractivity contribution in [3.63, 3.8) is 0 Å². The van der Waals surface area contributed by atoms with Crippen molar-refractivity contribution in [3.05, 3.63) is 12.2 Å². The lowest BCUT2D eigenvalue weighted by Crippen LogP contribution is -2.50. The van der Waals surface area contributed by atoms with Crippen LogP contribution < -0.4 is 0 Å². The molecule has 0 aromatic rings. The van der Waals surface area contributed by atoms with E-state index in [0.717, 1.165) is 25.8 Å². The average molecular weight is 235 g/mol. The highest BCUT2D eigenvalue weighted by atomic mass is 16.1. The summed E-state index contributed by atoms with van der Waals surface area (Å²) < 4.78 is 0. The fourth-order valence-electron chi connectivity index (χ4n) is 3.16. The largest absolute Gasteiger partial charge is 0.300 e. The summed E-state index contributed by atoms with van der Waals surface area (Å²) in [6, 6.07) is 0.948. The molecule has 0 aromatic carbocycles. The van der Waals surface area contributed by atoms with E-state index in [1.165, 1.54) is 32.1 Å². The Morgan fingerprint density at radius 3 is 3.00 bits per heavy atom. The average Bonchev–Trinajstić information content (AvgIpc) is 2.34. The van der Waals surface area contributed by atoms with E-state index in [9.17, 15) is 4.79 Å². The van der Waals surface area contributed by atoms with Crippen molar-refractivity contribution in [1.82, 2.24) is 4.90 Å². The molecule has 2 aliphatic rings. The van der Waals surface area contributed by atoms with Gasteiger partial charge >= 0.3 is 0 Å². The Labute approximate surface area is 105 Å². The molecule has 2 nitrogen and oxygen atoms in total. The minimum atomic E-state index is 0.418. The summed E-state index contributed by atoms with van der Waals surface area (Å²) in [6.07, 6.45) is 13.7. The normalized spacial score (nSPS) is 29.4. The Bertz CT molecular complexity index is 285. The highest BCUT2D eigenvalue weighted by Crippen LogP contribution is 2.27. The summed E-state index contributed by atoms with van der Waals surface area (Å²) in [5.41, 5.74) is 0. The number of fused-ring (bicyclic) bond motifs is 1. The number of rotatable bonds is 5. The van der Waals surface area contributed by atoms with E-state index in [-0.39, 0.29) is 0 Å². The second-order valence-corrected chi connectivity index (χ2v) is 5.47. The van der Waals surface area contributed by atoms with Gasteiger partial charge < -0.3 is 0 Å². The van der Waals surface area contributed by atoms with Crippen LogP contribution in [-0.4, -0.2) is 29.3 Å². The lowest BCUT2D eigenvalue weighted by atomic mass is 9.89. The molecule has 0 spiro atoms. The van der Waals surface area contributed by atoms with E-state index < -0.39 is 0 Å². The van der Waals surface area contributed by atoms with Gasteiger partial charge in [-0.25, -0.2) is 0 Å². The second-order valence-electron chi connectivity index (χ2n) is 5.47. The van der Waals surface area contributed by atoms with Crippen molar-refractivity contribution in [2.75, 3.05) is 6.54 Å². The van der Waals surface area contributed by atoms with Crippen LogP contribution in [0.5, 0.6) is 0 Å². The molecule has 0 radical (unpaired) electrons. The van der Waals surface area contributed by atoms with Gasteiger partial charge in [0.25, 0.3) is 0 Å². The van der Waals surface area contributed by atoms with Crippen molar-refractivity contribution in [2.24, 2.45) is 0 Å². The number of hydrogen-bond donors (Lipinski definition) is 0. The van der Waals surface area contributed by atoms with Crippen molar-refractivity contribution in [3.8, 4) is 0 Å². The summed E-state index contributed by atoms with van der Waals surface area (Å²) in [5, 5.41) is 0. The highest BCUT2D eigenvalue weighted by molar-refractivity contribution is 5.80. The van der Waals surface area contributed by atoms with E-state index in [0.29, 0.717) is 17.9 Å². The highest BCUT2D eigenvalue weighted by Gasteiger charge is 2.33. The summed E-state index contributed by atoms with van der Waals surface area (Å²) in [4.78, 5) is 14.3. The molecule has 2 aliphatic heterocycles. The van der Waals surface area contributed by atoms with Gasteiger partial charge in [-0.2, -0.15) is 0 Å². The van der Waals surface area contributed by atoms with E-state index in [2.05, 4.69) is 24.0 Å². The molecule has 1 saturated heterocycles. The third-order valence-electron chi connectivity index (χ3n) is 4.10. The van der Waals surface area contributed by atoms with E-state index in [1.807, 2.05) is 0 Å². The number of carbonyl (C=O) groups excluding carboxylic acids is 1. The second kappa shape index (κ2) is 6.34. The minimum Gasteiger partial charge on any atom is -0.300 e. The first-order valence-electron chi connectivity index (χ1n) is 7.25. The number of Topliss-reactive ketones (excluding diaryl/α,β-unsaturated/α-hetero) is 1. The summed E-state index contributed by atoms with van der Waals surface area (Å²) in [6.45, 7) is 3.41. The van der Waals surface area contributed by atoms with Crippen LogP contribution in [-0.2, 0) is 4.79 Å². The van der Waals surface area contributed by atoms with Gasteiger partial charge in [-0.15, -0.1) is 0 Å². The van der Waals surface area contributed by atoms with Gasteiger partial charge in [0.05, 0.1) is 0 Å². The predicted molar refractivity (Wildman–Crippen MR) is 71.0 cm³/mol. The molecule has 2 heterocycles. The quantitative estimate of drug-likeness (QED) is 0.538. The van der Waals surface area contributed by atoms with Crippen LogP contribution in [0.2, 0.25) is 0 Å². The lowest BCUT2D eigenvalue weighted by Gasteiger charge is -2.42. The first kappa shape index (κ1) is 12.8. The summed E-state index contributed by atoms with van der Waals surface area (Å²) in [5.74, 6) is 0.471. The molecular weight excluding hydrogens is 210 g/mol. The Morgan fingerprint density at radius 1 is 1.29 bits per heavy atom. The summed E-state index contributed by atoms with van der Waals surface area (Å²) in [7, 11) is 0. The molecule has 0 amide bonds. The van der Waals surface area contributed by atoms with Crippen molar-refractivity contribution < 1.29 is 4.79 Å². The van der Waals surface area contributed by atoms with Crippen molar-refractivity contribution in [1.29, 1.82) is 0 Å². The van der Waals surface area contributed by atoms with Crippen LogP contribution >= 0.6 is 0 Å². The molecular formula is C15H25NO. The molecule has 0 aromatic heterocycles.